The first-order chi connectivity index (χ1) is 19.9. The first-order valence-electron chi connectivity index (χ1n) is 14.3. The highest BCUT2D eigenvalue weighted by atomic mass is 32.2. The highest BCUT2D eigenvalue weighted by Gasteiger charge is 2.43. The van der Waals surface area contributed by atoms with Gasteiger partial charge in [-0.1, -0.05) is 12.1 Å². The van der Waals surface area contributed by atoms with Gasteiger partial charge in [0, 0.05) is 26.1 Å². The highest BCUT2D eigenvalue weighted by molar-refractivity contribution is 7.92. The SMILES string of the molecule is COC(=O)[C@H](C)N1CCN2c3ccc(C4=CC(C)(C)OC(C)(C)C4)cc3N(S(=O)(=O)c3cccc(C(F)(F)F)c3)C[C@@H]2C1. The number of anilines is 2. The van der Waals surface area contributed by atoms with Gasteiger partial charge in [-0.05, 0) is 82.2 Å². The number of halogens is 3. The standard InChI is InChI=1S/C31H38F3N3O5S/c1-20(28(38)41-6)35-12-13-36-24(18-35)19-37(43(39,40)25-9-7-8-23(15-25)31(32,33)34)27-14-21(10-11-26(27)36)22-16-29(2,3)42-30(4,5)17-22/h7-11,14-16,20,24H,12-13,17-19H2,1-6H3/t20-,24-/m0/s1. The van der Waals surface area contributed by atoms with Crippen molar-refractivity contribution in [3.05, 3.63) is 59.7 Å². The van der Waals surface area contributed by atoms with Gasteiger partial charge in [-0.15, -0.1) is 0 Å². The molecular formula is C31H38F3N3O5S. The third kappa shape index (κ3) is 6.14. The van der Waals surface area contributed by atoms with E-state index in [2.05, 4.69) is 4.90 Å². The highest BCUT2D eigenvalue weighted by Crippen LogP contribution is 2.45. The van der Waals surface area contributed by atoms with E-state index in [0.717, 1.165) is 23.3 Å². The molecule has 12 heteroatoms. The second-order valence-corrected chi connectivity index (χ2v) is 14.5. The Labute approximate surface area is 251 Å². The van der Waals surface area contributed by atoms with Crippen molar-refractivity contribution in [1.29, 1.82) is 0 Å². The molecule has 0 saturated carbocycles. The van der Waals surface area contributed by atoms with Crippen molar-refractivity contribution < 1.29 is 35.9 Å². The molecule has 3 aliphatic rings. The molecule has 2 aromatic rings. The summed E-state index contributed by atoms with van der Waals surface area (Å²) in [6.45, 7) is 11.1. The summed E-state index contributed by atoms with van der Waals surface area (Å²) in [7, 11) is -3.09. The third-order valence-corrected chi connectivity index (χ3v) is 10.1. The van der Waals surface area contributed by atoms with Gasteiger partial charge in [0.1, 0.15) is 6.04 Å². The Morgan fingerprint density at radius 1 is 1.05 bits per heavy atom. The van der Waals surface area contributed by atoms with E-state index in [-0.39, 0.29) is 12.6 Å². The molecule has 234 valence electrons. The molecule has 0 bridgehead atoms. The van der Waals surface area contributed by atoms with Gasteiger partial charge in [0.05, 0.1) is 52.7 Å². The van der Waals surface area contributed by atoms with Crippen LogP contribution in [0, 0.1) is 0 Å². The lowest BCUT2D eigenvalue weighted by atomic mass is 9.85. The van der Waals surface area contributed by atoms with Crippen molar-refractivity contribution in [3.63, 3.8) is 0 Å². The van der Waals surface area contributed by atoms with Crippen molar-refractivity contribution in [1.82, 2.24) is 4.90 Å². The molecule has 2 aromatic carbocycles. The minimum atomic E-state index is -4.70. The number of alkyl halides is 3. The Balaban J connectivity index is 1.61. The van der Waals surface area contributed by atoms with Gasteiger partial charge in [-0.3, -0.25) is 14.0 Å². The zero-order valence-electron chi connectivity index (χ0n) is 25.2. The van der Waals surface area contributed by atoms with E-state index >= 15 is 0 Å². The van der Waals surface area contributed by atoms with E-state index in [0.29, 0.717) is 43.5 Å². The number of carbonyl (C=O) groups excluding carboxylic acids is 1. The smallest absolute Gasteiger partial charge is 0.416 e. The average molecular weight is 622 g/mol. The molecule has 0 radical (unpaired) electrons. The van der Waals surface area contributed by atoms with E-state index in [9.17, 15) is 26.4 Å². The fourth-order valence-corrected chi connectivity index (χ4v) is 8.11. The van der Waals surface area contributed by atoms with Crippen molar-refractivity contribution in [2.45, 2.75) is 75.4 Å². The fraction of sp³-hybridized carbons (Fsp3) is 0.516. The topological polar surface area (TPSA) is 79.4 Å². The molecular weight excluding hydrogens is 583 g/mol. The number of carbonyl (C=O) groups is 1. The molecule has 3 heterocycles. The number of hydrogen-bond donors (Lipinski definition) is 0. The number of hydrogen-bond acceptors (Lipinski definition) is 7. The Morgan fingerprint density at radius 2 is 1.77 bits per heavy atom. The van der Waals surface area contributed by atoms with Crippen LogP contribution in [0.15, 0.2) is 53.4 Å². The molecule has 0 aliphatic carbocycles. The van der Waals surface area contributed by atoms with Gasteiger partial charge < -0.3 is 14.4 Å². The van der Waals surface area contributed by atoms with Crippen LogP contribution in [0.4, 0.5) is 24.5 Å². The van der Waals surface area contributed by atoms with Gasteiger partial charge >= 0.3 is 12.1 Å². The van der Waals surface area contributed by atoms with Gasteiger partial charge in [-0.25, -0.2) is 8.42 Å². The Hall–Kier alpha value is -3.09. The van der Waals surface area contributed by atoms with E-state index < -0.39 is 49.9 Å². The third-order valence-electron chi connectivity index (χ3n) is 8.33. The summed E-state index contributed by atoms with van der Waals surface area (Å²) in [5.41, 5.74) is 0.868. The molecule has 43 heavy (non-hydrogen) atoms. The summed E-state index contributed by atoms with van der Waals surface area (Å²) >= 11 is 0. The average Bonchev–Trinajstić information content (AvgIpc) is 2.93. The van der Waals surface area contributed by atoms with Gasteiger partial charge in [-0.2, -0.15) is 13.2 Å². The van der Waals surface area contributed by atoms with Crippen LogP contribution >= 0.6 is 0 Å². The van der Waals surface area contributed by atoms with Gasteiger partial charge in [0.25, 0.3) is 10.0 Å². The lowest BCUT2D eigenvalue weighted by molar-refractivity contribution is -0.146. The Kier molecular flexibility index (Phi) is 7.88. The normalized spacial score (nSPS) is 22.7. The Bertz CT molecular complexity index is 1550. The fourth-order valence-electron chi connectivity index (χ4n) is 6.56. The quantitative estimate of drug-likeness (QED) is 0.418. The zero-order valence-corrected chi connectivity index (χ0v) is 26.1. The number of sulfonamides is 1. The summed E-state index contributed by atoms with van der Waals surface area (Å²) in [6, 6.07) is 8.64. The number of esters is 1. The van der Waals surface area contributed by atoms with Crippen LogP contribution in [0.5, 0.6) is 0 Å². The van der Waals surface area contributed by atoms with E-state index in [4.69, 9.17) is 9.47 Å². The monoisotopic (exact) mass is 621 g/mol. The molecule has 8 nitrogen and oxygen atoms in total. The van der Waals surface area contributed by atoms with Gasteiger partial charge in [0.2, 0.25) is 0 Å². The Morgan fingerprint density at radius 3 is 2.42 bits per heavy atom. The largest absolute Gasteiger partial charge is 0.468 e. The number of methoxy groups -OCH3 is 1. The first kappa shape index (κ1) is 31.3. The molecule has 2 atom stereocenters. The van der Waals surface area contributed by atoms with Crippen molar-refractivity contribution >= 4 is 32.9 Å². The predicted octanol–water partition coefficient (Wildman–Crippen LogP) is 5.33. The predicted molar refractivity (Wildman–Crippen MR) is 158 cm³/mol. The molecule has 5 rings (SSSR count). The van der Waals surface area contributed by atoms with E-state index in [1.54, 1.807) is 6.92 Å². The van der Waals surface area contributed by atoms with E-state index in [1.807, 2.05) is 56.9 Å². The van der Waals surface area contributed by atoms with Crippen LogP contribution < -0.4 is 9.21 Å². The number of benzene rings is 2. The summed E-state index contributed by atoms with van der Waals surface area (Å²) < 4.78 is 81.5. The maximum atomic E-state index is 14.2. The van der Waals surface area contributed by atoms with Crippen LogP contribution in [0.2, 0.25) is 0 Å². The van der Waals surface area contributed by atoms with Crippen LogP contribution in [-0.2, 0) is 30.5 Å². The minimum absolute atomic E-state index is 0.00142. The second kappa shape index (κ2) is 10.8. The van der Waals surface area contributed by atoms with Crippen LogP contribution in [0.3, 0.4) is 0 Å². The van der Waals surface area contributed by atoms with E-state index in [1.165, 1.54) is 17.5 Å². The number of piperazine rings is 1. The number of nitrogens with zero attached hydrogens (tertiary/aromatic N) is 3. The van der Waals surface area contributed by atoms with Crippen LogP contribution in [-0.4, -0.2) is 75.9 Å². The molecule has 0 unspecified atom stereocenters. The van der Waals surface area contributed by atoms with Crippen molar-refractivity contribution in [2.24, 2.45) is 0 Å². The van der Waals surface area contributed by atoms with Crippen LogP contribution in [0.1, 0.15) is 52.2 Å². The molecule has 0 spiro atoms. The first-order valence-corrected chi connectivity index (χ1v) is 15.7. The minimum Gasteiger partial charge on any atom is -0.468 e. The lowest BCUT2D eigenvalue weighted by Gasteiger charge is -2.50. The molecule has 1 saturated heterocycles. The molecule has 3 aliphatic heterocycles. The summed E-state index contributed by atoms with van der Waals surface area (Å²) in [5, 5.41) is 0. The molecule has 1 fully saturated rings. The van der Waals surface area contributed by atoms with Crippen molar-refractivity contribution in [3.8, 4) is 0 Å². The van der Waals surface area contributed by atoms with Gasteiger partial charge in [0.15, 0.2) is 0 Å². The zero-order chi connectivity index (χ0) is 31.5. The summed E-state index contributed by atoms with van der Waals surface area (Å²) in [5.74, 6) is -0.390. The van der Waals surface area contributed by atoms with Crippen LogP contribution in [0.25, 0.3) is 5.57 Å². The summed E-state index contributed by atoms with van der Waals surface area (Å²) in [6.07, 6.45) is -2.06. The maximum absolute atomic E-state index is 14.2. The lowest BCUT2D eigenvalue weighted by Crippen LogP contribution is -2.62. The molecule has 0 N–H and O–H groups in total. The molecule has 0 aromatic heterocycles. The second-order valence-electron chi connectivity index (χ2n) is 12.6. The van der Waals surface area contributed by atoms with Crippen molar-refractivity contribution in [2.75, 3.05) is 42.5 Å². The number of ether oxygens (including phenoxy) is 2. The molecule has 0 amide bonds. The summed E-state index contributed by atoms with van der Waals surface area (Å²) in [4.78, 5) is 15.9. The number of rotatable bonds is 5. The maximum Gasteiger partial charge on any atom is 0.416 e. The number of fused-ring (bicyclic) bond motifs is 3.